The van der Waals surface area contributed by atoms with Crippen molar-refractivity contribution in [3.05, 3.63) is 49.5 Å². The number of ether oxygens (including phenoxy) is 2. The molecule has 0 fully saturated rings. The summed E-state index contributed by atoms with van der Waals surface area (Å²) >= 11 is 5.32. The van der Waals surface area contributed by atoms with E-state index in [0.717, 1.165) is 3.57 Å². The number of nitrogens with one attached hydrogen (secondary N) is 1. The molecule has 0 saturated carbocycles. The second-order valence-corrected chi connectivity index (χ2v) is 6.62. The monoisotopic (exact) mass is 504 g/mol. The molecule has 0 bridgehead atoms. The van der Waals surface area contributed by atoms with Gasteiger partial charge in [0.2, 0.25) is 0 Å². The topological polar surface area (TPSA) is 80.2 Å². The maximum atomic E-state index is 12.1. The number of hydrogen-bond donors (Lipinski definition) is 2. The number of halogens is 2. The van der Waals surface area contributed by atoms with E-state index in [4.69, 9.17) is 9.47 Å². The summed E-state index contributed by atoms with van der Waals surface area (Å²) < 4.78 is 11.5. The highest BCUT2D eigenvalue weighted by molar-refractivity contribution is 14.1. The first-order chi connectivity index (χ1) is 11.5. The Hall–Kier alpha value is -1.81. The van der Waals surface area contributed by atoms with Crippen LogP contribution < -0.4 is 14.9 Å². The summed E-state index contributed by atoms with van der Waals surface area (Å²) in [6.07, 6.45) is 1.46. The van der Waals surface area contributed by atoms with Crippen molar-refractivity contribution in [1.82, 2.24) is 5.43 Å². The molecular weight excluding hydrogens is 491 g/mol. The average molecular weight is 505 g/mol. The van der Waals surface area contributed by atoms with E-state index >= 15 is 0 Å². The molecule has 2 aromatic rings. The SMILES string of the molecule is COc1ccc(C(=O)N/N=C/c2cc(Br)c(O)c(OC)c2)cc1I. The van der Waals surface area contributed by atoms with Crippen LogP contribution in [-0.2, 0) is 0 Å². The second kappa shape index (κ2) is 8.34. The number of aromatic hydroxyl groups is 1. The van der Waals surface area contributed by atoms with Gasteiger partial charge in [0.05, 0.1) is 28.5 Å². The summed E-state index contributed by atoms with van der Waals surface area (Å²) in [4.78, 5) is 12.1. The van der Waals surface area contributed by atoms with Crippen molar-refractivity contribution in [1.29, 1.82) is 0 Å². The lowest BCUT2D eigenvalue weighted by Gasteiger charge is -2.07. The molecule has 0 unspecified atom stereocenters. The van der Waals surface area contributed by atoms with E-state index in [1.54, 1.807) is 37.4 Å². The molecule has 8 heteroatoms. The number of methoxy groups -OCH3 is 2. The number of hydrogen-bond acceptors (Lipinski definition) is 5. The van der Waals surface area contributed by atoms with Gasteiger partial charge in [0.25, 0.3) is 5.91 Å². The molecule has 0 aromatic heterocycles. The van der Waals surface area contributed by atoms with E-state index in [1.807, 2.05) is 0 Å². The Bertz CT molecular complexity index is 796. The van der Waals surface area contributed by atoms with Crippen molar-refractivity contribution >= 4 is 50.6 Å². The Balaban J connectivity index is 2.10. The Labute approximate surface area is 161 Å². The fourth-order valence-electron chi connectivity index (χ4n) is 1.86. The lowest BCUT2D eigenvalue weighted by molar-refractivity contribution is 0.0955. The molecule has 0 aliphatic carbocycles. The Morgan fingerprint density at radius 2 is 1.96 bits per heavy atom. The van der Waals surface area contributed by atoms with Crippen LogP contribution in [0.25, 0.3) is 0 Å². The third-order valence-electron chi connectivity index (χ3n) is 3.06. The van der Waals surface area contributed by atoms with E-state index in [9.17, 15) is 9.90 Å². The predicted octanol–water partition coefficient (Wildman–Crippen LogP) is 3.54. The van der Waals surface area contributed by atoms with Crippen molar-refractivity contribution in [3.8, 4) is 17.2 Å². The quantitative estimate of drug-likeness (QED) is 0.371. The van der Waals surface area contributed by atoms with Gasteiger partial charge >= 0.3 is 0 Å². The van der Waals surface area contributed by atoms with E-state index < -0.39 is 0 Å². The molecule has 2 aromatic carbocycles. The van der Waals surface area contributed by atoms with Gasteiger partial charge in [-0.3, -0.25) is 4.79 Å². The number of carbonyl (C=O) groups excluding carboxylic acids is 1. The molecule has 0 aliphatic heterocycles. The van der Waals surface area contributed by atoms with Crippen LogP contribution >= 0.6 is 38.5 Å². The summed E-state index contributed by atoms with van der Waals surface area (Å²) in [6, 6.07) is 8.36. The number of carbonyl (C=O) groups is 1. The zero-order valence-electron chi connectivity index (χ0n) is 12.8. The number of rotatable bonds is 5. The Morgan fingerprint density at radius 1 is 1.25 bits per heavy atom. The van der Waals surface area contributed by atoms with Crippen molar-refractivity contribution < 1.29 is 19.4 Å². The normalized spacial score (nSPS) is 10.7. The minimum Gasteiger partial charge on any atom is -0.503 e. The average Bonchev–Trinajstić information content (AvgIpc) is 2.57. The lowest BCUT2D eigenvalue weighted by Crippen LogP contribution is -2.17. The van der Waals surface area contributed by atoms with Gasteiger partial charge in [-0.15, -0.1) is 0 Å². The molecule has 0 spiro atoms. The molecule has 0 aliphatic rings. The molecule has 0 radical (unpaired) electrons. The minimum atomic E-state index is -0.336. The summed E-state index contributed by atoms with van der Waals surface area (Å²) in [5.74, 6) is 0.682. The lowest BCUT2D eigenvalue weighted by atomic mass is 10.2. The maximum absolute atomic E-state index is 12.1. The smallest absolute Gasteiger partial charge is 0.271 e. The van der Waals surface area contributed by atoms with Crippen LogP contribution in [0.3, 0.4) is 0 Å². The number of amides is 1. The van der Waals surface area contributed by atoms with Crippen molar-refractivity contribution in [2.45, 2.75) is 0 Å². The highest BCUT2D eigenvalue weighted by Gasteiger charge is 2.09. The molecule has 1 amide bonds. The third kappa shape index (κ3) is 4.38. The van der Waals surface area contributed by atoms with Gasteiger partial charge in [-0.05, 0) is 74.4 Å². The number of nitrogens with zero attached hydrogens (tertiary/aromatic N) is 1. The first-order valence-corrected chi connectivity index (χ1v) is 8.57. The molecule has 126 valence electrons. The van der Waals surface area contributed by atoms with Crippen LogP contribution in [0.1, 0.15) is 15.9 Å². The van der Waals surface area contributed by atoms with E-state index in [2.05, 4.69) is 49.0 Å². The molecule has 0 heterocycles. The zero-order chi connectivity index (χ0) is 17.7. The van der Waals surface area contributed by atoms with Gasteiger partial charge in [-0.25, -0.2) is 5.43 Å². The summed E-state index contributed by atoms with van der Waals surface area (Å²) in [7, 11) is 3.03. The maximum Gasteiger partial charge on any atom is 0.271 e. The molecule has 0 saturated heterocycles. The van der Waals surface area contributed by atoms with E-state index in [-0.39, 0.29) is 11.7 Å². The Morgan fingerprint density at radius 3 is 2.58 bits per heavy atom. The first kappa shape index (κ1) is 18.5. The van der Waals surface area contributed by atoms with Gasteiger partial charge in [0, 0.05) is 5.56 Å². The van der Waals surface area contributed by atoms with Crippen LogP contribution in [0.2, 0.25) is 0 Å². The van der Waals surface area contributed by atoms with Crippen LogP contribution in [0, 0.1) is 3.57 Å². The molecule has 2 rings (SSSR count). The van der Waals surface area contributed by atoms with Crippen molar-refractivity contribution in [2.24, 2.45) is 5.10 Å². The van der Waals surface area contributed by atoms with Crippen LogP contribution in [-0.4, -0.2) is 31.4 Å². The number of hydrazone groups is 1. The van der Waals surface area contributed by atoms with Gasteiger partial charge in [0.15, 0.2) is 11.5 Å². The number of phenolic OH excluding ortho intramolecular Hbond substituents is 1. The van der Waals surface area contributed by atoms with Gasteiger partial charge < -0.3 is 14.6 Å². The number of phenols is 1. The highest BCUT2D eigenvalue weighted by Crippen LogP contribution is 2.34. The number of benzene rings is 2. The fraction of sp³-hybridized carbons (Fsp3) is 0.125. The third-order valence-corrected chi connectivity index (χ3v) is 4.51. The van der Waals surface area contributed by atoms with E-state index in [0.29, 0.717) is 27.1 Å². The Kier molecular flexibility index (Phi) is 6.44. The van der Waals surface area contributed by atoms with Crippen LogP contribution in [0.5, 0.6) is 17.2 Å². The molecular formula is C16H14BrIN2O4. The summed E-state index contributed by atoms with van der Waals surface area (Å²) in [5, 5.41) is 13.7. The standard InChI is InChI=1S/C16H14BrIN2O4/c1-23-13-4-3-10(7-12(13)18)16(22)20-19-8-9-5-11(17)15(21)14(6-9)24-2/h3-8,21H,1-2H3,(H,20,22)/b19-8+. The van der Waals surface area contributed by atoms with Crippen LogP contribution in [0.4, 0.5) is 0 Å². The zero-order valence-corrected chi connectivity index (χ0v) is 16.6. The van der Waals surface area contributed by atoms with Crippen molar-refractivity contribution in [2.75, 3.05) is 14.2 Å². The highest BCUT2D eigenvalue weighted by atomic mass is 127. The summed E-state index contributed by atoms with van der Waals surface area (Å²) in [5.41, 5.74) is 3.58. The van der Waals surface area contributed by atoms with Gasteiger partial charge in [-0.1, -0.05) is 0 Å². The molecule has 24 heavy (non-hydrogen) atoms. The van der Waals surface area contributed by atoms with Crippen molar-refractivity contribution in [3.63, 3.8) is 0 Å². The summed E-state index contributed by atoms with van der Waals surface area (Å²) in [6.45, 7) is 0. The first-order valence-electron chi connectivity index (χ1n) is 6.69. The second-order valence-electron chi connectivity index (χ2n) is 4.60. The minimum absolute atomic E-state index is 0.00601. The molecule has 2 N–H and O–H groups in total. The van der Waals surface area contributed by atoms with Gasteiger partial charge in [-0.2, -0.15) is 5.10 Å². The largest absolute Gasteiger partial charge is 0.503 e. The molecule has 6 nitrogen and oxygen atoms in total. The fourth-order valence-corrected chi connectivity index (χ4v) is 3.06. The van der Waals surface area contributed by atoms with Gasteiger partial charge in [0.1, 0.15) is 5.75 Å². The molecule has 0 atom stereocenters. The van der Waals surface area contributed by atoms with E-state index in [1.165, 1.54) is 13.3 Å². The van der Waals surface area contributed by atoms with Crippen LogP contribution in [0.15, 0.2) is 39.9 Å². The predicted molar refractivity (Wildman–Crippen MR) is 103 cm³/mol.